The third-order valence-corrected chi connectivity index (χ3v) is 4.58. The third-order valence-electron chi connectivity index (χ3n) is 4.58. The monoisotopic (exact) mass is 382 g/mol. The lowest BCUT2D eigenvalue weighted by Crippen LogP contribution is -2.26. The molecule has 0 spiro atoms. The summed E-state index contributed by atoms with van der Waals surface area (Å²) in [7, 11) is 1.62. The van der Waals surface area contributed by atoms with Gasteiger partial charge in [0.05, 0.1) is 7.11 Å². The topological polar surface area (TPSA) is 67.4 Å². The van der Waals surface area contributed by atoms with Crippen molar-refractivity contribution < 1.29 is 14.3 Å². The Morgan fingerprint density at radius 3 is 2.07 bits per heavy atom. The minimum Gasteiger partial charge on any atom is -0.497 e. The molecule has 0 aliphatic carbocycles. The van der Waals surface area contributed by atoms with Crippen LogP contribution < -0.4 is 15.4 Å². The van der Waals surface area contributed by atoms with Crippen molar-refractivity contribution in [1.82, 2.24) is 5.32 Å². The van der Waals surface area contributed by atoms with Gasteiger partial charge in [-0.15, -0.1) is 0 Å². The zero-order valence-electron chi connectivity index (χ0n) is 17.1. The van der Waals surface area contributed by atoms with Crippen LogP contribution in [0.5, 0.6) is 5.75 Å². The van der Waals surface area contributed by atoms with E-state index in [1.54, 1.807) is 7.11 Å². The fraction of sp³-hybridized carbons (Fsp3) is 0.391. The van der Waals surface area contributed by atoms with Crippen LogP contribution in [-0.4, -0.2) is 18.9 Å². The van der Waals surface area contributed by atoms with Crippen molar-refractivity contribution in [3.8, 4) is 5.75 Å². The first-order valence-electron chi connectivity index (χ1n) is 9.66. The van der Waals surface area contributed by atoms with Gasteiger partial charge in [0.1, 0.15) is 5.75 Å². The molecule has 2 amide bonds. The number of anilines is 1. The van der Waals surface area contributed by atoms with E-state index < -0.39 is 0 Å². The summed E-state index contributed by atoms with van der Waals surface area (Å²) in [5.74, 6) is 1.07. The highest BCUT2D eigenvalue weighted by Gasteiger charge is 2.14. The summed E-state index contributed by atoms with van der Waals surface area (Å²) in [6.07, 6.45) is 0.623. The number of hydrogen-bond acceptors (Lipinski definition) is 3. The lowest BCUT2D eigenvalue weighted by atomic mass is 10.0. The molecule has 1 atom stereocenters. The van der Waals surface area contributed by atoms with Gasteiger partial charge in [-0.25, -0.2) is 0 Å². The lowest BCUT2D eigenvalue weighted by Gasteiger charge is -2.13. The molecule has 0 fully saturated rings. The van der Waals surface area contributed by atoms with Gasteiger partial charge in [-0.3, -0.25) is 9.59 Å². The molecule has 5 heteroatoms. The van der Waals surface area contributed by atoms with Crippen molar-refractivity contribution in [3.63, 3.8) is 0 Å². The highest BCUT2D eigenvalue weighted by molar-refractivity contribution is 5.91. The second-order valence-electron chi connectivity index (χ2n) is 7.46. The number of nitrogens with one attached hydrogen (secondary N) is 2. The van der Waals surface area contributed by atoms with Crippen molar-refractivity contribution in [1.29, 1.82) is 0 Å². The molecule has 1 unspecified atom stereocenters. The van der Waals surface area contributed by atoms with E-state index in [-0.39, 0.29) is 17.7 Å². The summed E-state index contributed by atoms with van der Waals surface area (Å²) in [6.45, 7) is 6.64. The van der Waals surface area contributed by atoms with Crippen molar-refractivity contribution >= 4 is 17.5 Å². The average Bonchev–Trinajstić information content (AvgIpc) is 2.67. The van der Waals surface area contributed by atoms with E-state index in [0.29, 0.717) is 25.3 Å². The summed E-state index contributed by atoms with van der Waals surface area (Å²) >= 11 is 0. The van der Waals surface area contributed by atoms with Crippen molar-refractivity contribution in [2.75, 3.05) is 12.4 Å². The van der Waals surface area contributed by atoms with Crippen LogP contribution in [-0.2, 0) is 16.1 Å². The van der Waals surface area contributed by atoms with E-state index in [1.807, 2.05) is 55.5 Å². The highest BCUT2D eigenvalue weighted by atomic mass is 16.5. The number of benzene rings is 2. The van der Waals surface area contributed by atoms with Crippen LogP contribution in [0.15, 0.2) is 48.5 Å². The molecular weight excluding hydrogens is 352 g/mol. The Morgan fingerprint density at radius 1 is 0.893 bits per heavy atom. The van der Waals surface area contributed by atoms with E-state index in [4.69, 9.17) is 4.74 Å². The first-order valence-corrected chi connectivity index (χ1v) is 9.66. The number of ether oxygens (including phenoxy) is 1. The molecule has 0 radical (unpaired) electrons. The molecule has 150 valence electrons. The van der Waals surface area contributed by atoms with Crippen molar-refractivity contribution in [2.45, 2.75) is 46.1 Å². The molecule has 0 aliphatic rings. The molecule has 28 heavy (non-hydrogen) atoms. The zero-order chi connectivity index (χ0) is 20.5. The fourth-order valence-electron chi connectivity index (χ4n) is 2.88. The first-order chi connectivity index (χ1) is 13.4. The maximum Gasteiger partial charge on any atom is 0.224 e. The molecule has 0 aromatic heterocycles. The Bertz CT molecular complexity index is 767. The second-order valence-corrected chi connectivity index (χ2v) is 7.46. The molecule has 2 aromatic carbocycles. The molecule has 0 saturated carbocycles. The SMILES string of the molecule is COc1ccc(CNC(=O)CC(C)CC(=O)Nc2ccc(C(C)C)cc2)cc1. The van der Waals surface area contributed by atoms with E-state index >= 15 is 0 Å². The van der Waals surface area contributed by atoms with E-state index in [2.05, 4.69) is 24.5 Å². The molecule has 0 aliphatic heterocycles. The number of rotatable bonds is 9. The van der Waals surface area contributed by atoms with Crippen molar-refractivity contribution in [3.05, 3.63) is 59.7 Å². The number of amides is 2. The summed E-state index contributed by atoms with van der Waals surface area (Å²) in [5.41, 5.74) is 3.02. The van der Waals surface area contributed by atoms with Gasteiger partial charge < -0.3 is 15.4 Å². The minimum atomic E-state index is -0.0762. The largest absolute Gasteiger partial charge is 0.497 e. The first kappa shape index (κ1) is 21.5. The number of hydrogen-bond donors (Lipinski definition) is 2. The van der Waals surface area contributed by atoms with Crippen LogP contribution >= 0.6 is 0 Å². The molecule has 2 aromatic rings. The van der Waals surface area contributed by atoms with Crippen LogP contribution in [0.4, 0.5) is 5.69 Å². The Hall–Kier alpha value is -2.82. The van der Waals surface area contributed by atoms with Gasteiger partial charge in [0.2, 0.25) is 11.8 Å². The maximum absolute atomic E-state index is 12.2. The highest BCUT2D eigenvalue weighted by Crippen LogP contribution is 2.18. The second kappa shape index (κ2) is 10.5. The normalized spacial score (nSPS) is 11.8. The molecular formula is C23H30N2O3. The Balaban J connectivity index is 1.73. The molecule has 2 N–H and O–H groups in total. The van der Waals surface area contributed by atoms with Crippen molar-refractivity contribution in [2.24, 2.45) is 5.92 Å². The summed E-state index contributed by atoms with van der Waals surface area (Å²) in [6, 6.07) is 15.4. The lowest BCUT2D eigenvalue weighted by molar-refractivity contribution is -0.122. The standard InChI is InChI=1S/C23H30N2O3/c1-16(2)19-7-9-20(10-8-19)25-23(27)14-17(3)13-22(26)24-15-18-5-11-21(28-4)12-6-18/h5-12,16-17H,13-15H2,1-4H3,(H,24,26)(H,25,27). The van der Waals surface area contributed by atoms with Gasteiger partial charge in [-0.2, -0.15) is 0 Å². The number of carbonyl (C=O) groups is 2. The molecule has 2 rings (SSSR count). The smallest absolute Gasteiger partial charge is 0.224 e. The van der Waals surface area contributed by atoms with Crippen LogP contribution in [0, 0.1) is 5.92 Å². The van der Waals surface area contributed by atoms with Gasteiger partial charge in [0.15, 0.2) is 0 Å². The van der Waals surface area contributed by atoms with Gasteiger partial charge in [0, 0.05) is 25.1 Å². The fourth-order valence-corrected chi connectivity index (χ4v) is 2.88. The molecule has 0 bridgehead atoms. The van der Waals surface area contributed by atoms with Gasteiger partial charge in [-0.05, 0) is 47.2 Å². The van der Waals surface area contributed by atoms with Gasteiger partial charge >= 0.3 is 0 Å². The Morgan fingerprint density at radius 2 is 1.50 bits per heavy atom. The van der Waals surface area contributed by atoms with Crippen LogP contribution in [0.1, 0.15) is 50.7 Å². The van der Waals surface area contributed by atoms with Crippen LogP contribution in [0.3, 0.4) is 0 Å². The van der Waals surface area contributed by atoms with Crippen LogP contribution in [0.25, 0.3) is 0 Å². The minimum absolute atomic E-state index is 0.0363. The summed E-state index contributed by atoms with van der Waals surface area (Å²) in [4.78, 5) is 24.3. The van der Waals surface area contributed by atoms with E-state index in [1.165, 1.54) is 5.56 Å². The van der Waals surface area contributed by atoms with E-state index in [9.17, 15) is 9.59 Å². The maximum atomic E-state index is 12.2. The summed E-state index contributed by atoms with van der Waals surface area (Å²) < 4.78 is 5.12. The Kier molecular flexibility index (Phi) is 8.05. The average molecular weight is 383 g/mol. The predicted octanol–water partition coefficient (Wildman–Crippen LogP) is 4.49. The molecule has 5 nitrogen and oxygen atoms in total. The zero-order valence-corrected chi connectivity index (χ0v) is 17.1. The molecule has 0 saturated heterocycles. The quantitative estimate of drug-likeness (QED) is 0.671. The third kappa shape index (κ3) is 7.06. The van der Waals surface area contributed by atoms with Crippen LogP contribution in [0.2, 0.25) is 0 Å². The van der Waals surface area contributed by atoms with E-state index in [0.717, 1.165) is 17.0 Å². The molecule has 0 heterocycles. The summed E-state index contributed by atoms with van der Waals surface area (Å²) in [5, 5.41) is 5.79. The number of methoxy groups -OCH3 is 1. The van der Waals surface area contributed by atoms with Gasteiger partial charge in [-0.1, -0.05) is 45.0 Å². The Labute approximate surface area is 167 Å². The van der Waals surface area contributed by atoms with Gasteiger partial charge in [0.25, 0.3) is 0 Å². The predicted molar refractivity (Wildman–Crippen MR) is 112 cm³/mol. The number of carbonyl (C=O) groups excluding carboxylic acids is 2.